The van der Waals surface area contributed by atoms with Crippen molar-refractivity contribution < 1.29 is 19.1 Å². The molecule has 0 saturated heterocycles. The Kier molecular flexibility index (Phi) is 2.28. The SMILES string of the molecule is CCc1coc(C=O)c1C(=O)O. The summed E-state index contributed by atoms with van der Waals surface area (Å²) in [5, 5.41) is 8.68. The van der Waals surface area contributed by atoms with Gasteiger partial charge in [0.2, 0.25) is 0 Å². The molecule has 1 aromatic rings. The lowest BCUT2D eigenvalue weighted by molar-refractivity contribution is 0.0691. The van der Waals surface area contributed by atoms with Crippen LogP contribution in [0.2, 0.25) is 0 Å². The highest BCUT2D eigenvalue weighted by atomic mass is 16.4. The van der Waals surface area contributed by atoms with E-state index in [0.717, 1.165) is 0 Å². The molecule has 0 aliphatic rings. The Morgan fingerprint density at radius 2 is 2.42 bits per heavy atom. The molecule has 1 aromatic heterocycles. The van der Waals surface area contributed by atoms with E-state index in [4.69, 9.17) is 9.52 Å². The van der Waals surface area contributed by atoms with Crippen LogP contribution >= 0.6 is 0 Å². The zero-order valence-corrected chi connectivity index (χ0v) is 6.53. The van der Waals surface area contributed by atoms with Crippen molar-refractivity contribution in [3.8, 4) is 0 Å². The van der Waals surface area contributed by atoms with Crippen LogP contribution in [-0.2, 0) is 6.42 Å². The highest BCUT2D eigenvalue weighted by molar-refractivity contribution is 5.96. The minimum Gasteiger partial charge on any atom is -0.478 e. The second-order valence-electron chi connectivity index (χ2n) is 2.28. The molecule has 0 atom stereocenters. The number of carboxylic acid groups (broad SMARTS) is 1. The Bertz CT molecular complexity index is 311. The summed E-state index contributed by atoms with van der Waals surface area (Å²) in [6.45, 7) is 1.80. The first-order valence-electron chi connectivity index (χ1n) is 3.49. The number of aryl methyl sites for hydroxylation is 1. The highest BCUT2D eigenvalue weighted by Crippen LogP contribution is 2.16. The molecule has 0 fully saturated rings. The van der Waals surface area contributed by atoms with Crippen LogP contribution in [0.15, 0.2) is 10.7 Å². The van der Waals surface area contributed by atoms with E-state index < -0.39 is 5.97 Å². The second-order valence-corrected chi connectivity index (χ2v) is 2.28. The van der Waals surface area contributed by atoms with Crippen LogP contribution in [0.4, 0.5) is 0 Å². The molecule has 0 saturated carbocycles. The molecule has 0 aromatic carbocycles. The van der Waals surface area contributed by atoms with Crippen molar-refractivity contribution in [1.82, 2.24) is 0 Å². The molecule has 1 heterocycles. The van der Waals surface area contributed by atoms with Crippen LogP contribution in [0.25, 0.3) is 0 Å². The number of aromatic carboxylic acids is 1. The van der Waals surface area contributed by atoms with Crippen molar-refractivity contribution in [2.75, 3.05) is 0 Å². The summed E-state index contributed by atoms with van der Waals surface area (Å²) in [7, 11) is 0. The van der Waals surface area contributed by atoms with Crippen molar-refractivity contribution in [2.45, 2.75) is 13.3 Å². The zero-order chi connectivity index (χ0) is 9.14. The maximum absolute atomic E-state index is 10.6. The van der Waals surface area contributed by atoms with Gasteiger partial charge >= 0.3 is 5.97 Å². The van der Waals surface area contributed by atoms with E-state index in [1.54, 1.807) is 6.92 Å². The van der Waals surface area contributed by atoms with Gasteiger partial charge in [-0.1, -0.05) is 6.92 Å². The summed E-state index contributed by atoms with van der Waals surface area (Å²) in [4.78, 5) is 20.9. The number of carboxylic acids is 1. The highest BCUT2D eigenvalue weighted by Gasteiger charge is 2.17. The molecule has 0 aliphatic heterocycles. The molecule has 0 aliphatic carbocycles. The fourth-order valence-electron chi connectivity index (χ4n) is 1.00. The molecule has 0 radical (unpaired) electrons. The monoisotopic (exact) mass is 168 g/mol. The van der Waals surface area contributed by atoms with E-state index >= 15 is 0 Å². The van der Waals surface area contributed by atoms with Crippen LogP contribution in [0.1, 0.15) is 33.4 Å². The van der Waals surface area contributed by atoms with Gasteiger partial charge in [-0.3, -0.25) is 4.79 Å². The maximum Gasteiger partial charge on any atom is 0.340 e. The summed E-state index contributed by atoms with van der Waals surface area (Å²) < 4.78 is 4.75. The van der Waals surface area contributed by atoms with Crippen molar-refractivity contribution in [3.05, 3.63) is 23.2 Å². The van der Waals surface area contributed by atoms with Gasteiger partial charge in [-0.25, -0.2) is 4.79 Å². The van der Waals surface area contributed by atoms with Crippen LogP contribution in [-0.4, -0.2) is 17.4 Å². The summed E-state index contributed by atoms with van der Waals surface area (Å²) >= 11 is 0. The summed E-state index contributed by atoms with van der Waals surface area (Å²) in [6.07, 6.45) is 2.24. The van der Waals surface area contributed by atoms with Gasteiger partial charge in [0.05, 0.1) is 6.26 Å². The molecule has 0 amide bonds. The third kappa shape index (κ3) is 1.23. The van der Waals surface area contributed by atoms with Crippen molar-refractivity contribution >= 4 is 12.3 Å². The van der Waals surface area contributed by atoms with E-state index in [1.807, 2.05) is 0 Å². The van der Waals surface area contributed by atoms with Crippen LogP contribution in [0, 0.1) is 0 Å². The Labute approximate surface area is 68.8 Å². The fraction of sp³-hybridized carbons (Fsp3) is 0.250. The Balaban J connectivity index is 3.25. The molecule has 64 valence electrons. The number of hydrogen-bond donors (Lipinski definition) is 1. The molecule has 4 heteroatoms. The first-order valence-corrected chi connectivity index (χ1v) is 3.49. The van der Waals surface area contributed by atoms with Gasteiger partial charge < -0.3 is 9.52 Å². The number of furan rings is 1. The number of aldehydes is 1. The first-order chi connectivity index (χ1) is 5.70. The minimum atomic E-state index is -1.12. The van der Waals surface area contributed by atoms with Crippen molar-refractivity contribution in [3.63, 3.8) is 0 Å². The van der Waals surface area contributed by atoms with Crippen LogP contribution in [0.3, 0.4) is 0 Å². The number of hydrogen-bond acceptors (Lipinski definition) is 3. The standard InChI is InChI=1S/C8H8O4/c1-2-5-4-12-6(3-9)7(5)8(10)11/h3-4H,2H2,1H3,(H,10,11). The van der Waals surface area contributed by atoms with E-state index in [9.17, 15) is 9.59 Å². The van der Waals surface area contributed by atoms with Gasteiger partial charge in [0.25, 0.3) is 0 Å². The molecule has 0 bridgehead atoms. The van der Waals surface area contributed by atoms with E-state index in [-0.39, 0.29) is 11.3 Å². The topological polar surface area (TPSA) is 67.5 Å². The average molecular weight is 168 g/mol. The Morgan fingerprint density at radius 1 is 1.75 bits per heavy atom. The normalized spacial score (nSPS) is 9.75. The van der Waals surface area contributed by atoms with Crippen molar-refractivity contribution in [2.24, 2.45) is 0 Å². The van der Waals surface area contributed by atoms with E-state index in [2.05, 4.69) is 0 Å². The van der Waals surface area contributed by atoms with E-state index in [0.29, 0.717) is 18.3 Å². The molecular weight excluding hydrogens is 160 g/mol. The lowest BCUT2D eigenvalue weighted by Crippen LogP contribution is -2.01. The first kappa shape index (κ1) is 8.52. The molecule has 1 N–H and O–H groups in total. The predicted octanol–water partition coefficient (Wildman–Crippen LogP) is 1.35. The third-order valence-electron chi connectivity index (χ3n) is 1.60. The summed E-state index contributed by atoms with van der Waals surface area (Å²) in [5.74, 6) is -1.23. The van der Waals surface area contributed by atoms with Gasteiger partial charge in [0.15, 0.2) is 12.0 Å². The average Bonchev–Trinajstić information content (AvgIpc) is 2.46. The third-order valence-corrected chi connectivity index (χ3v) is 1.60. The molecule has 12 heavy (non-hydrogen) atoms. The molecular formula is C8H8O4. The lowest BCUT2D eigenvalue weighted by atomic mass is 10.1. The zero-order valence-electron chi connectivity index (χ0n) is 6.53. The molecule has 0 unspecified atom stereocenters. The van der Waals surface area contributed by atoms with E-state index in [1.165, 1.54) is 6.26 Å². The fourth-order valence-corrected chi connectivity index (χ4v) is 1.00. The molecule has 0 spiro atoms. The largest absolute Gasteiger partial charge is 0.478 e. The number of rotatable bonds is 3. The quantitative estimate of drug-likeness (QED) is 0.691. The molecule has 4 nitrogen and oxygen atoms in total. The second kappa shape index (κ2) is 3.21. The lowest BCUT2D eigenvalue weighted by Gasteiger charge is -1.92. The smallest absolute Gasteiger partial charge is 0.340 e. The minimum absolute atomic E-state index is 0.0208. The summed E-state index contributed by atoms with van der Waals surface area (Å²) in [6, 6.07) is 0. The van der Waals surface area contributed by atoms with Gasteiger partial charge in [0, 0.05) is 5.56 Å². The maximum atomic E-state index is 10.6. The van der Waals surface area contributed by atoms with Crippen LogP contribution < -0.4 is 0 Å². The number of carbonyl (C=O) groups is 2. The number of carbonyl (C=O) groups excluding carboxylic acids is 1. The Hall–Kier alpha value is -1.58. The predicted molar refractivity (Wildman–Crippen MR) is 40.4 cm³/mol. The van der Waals surface area contributed by atoms with Gasteiger partial charge in [-0.2, -0.15) is 0 Å². The Morgan fingerprint density at radius 3 is 2.83 bits per heavy atom. The van der Waals surface area contributed by atoms with Crippen molar-refractivity contribution in [1.29, 1.82) is 0 Å². The summed E-state index contributed by atoms with van der Waals surface area (Å²) in [5.41, 5.74) is 0.525. The van der Waals surface area contributed by atoms with Gasteiger partial charge in [0.1, 0.15) is 5.56 Å². The van der Waals surface area contributed by atoms with Gasteiger partial charge in [-0.05, 0) is 6.42 Å². The van der Waals surface area contributed by atoms with Crippen LogP contribution in [0.5, 0.6) is 0 Å². The van der Waals surface area contributed by atoms with Gasteiger partial charge in [-0.15, -0.1) is 0 Å². The molecule has 1 rings (SSSR count).